The van der Waals surface area contributed by atoms with E-state index in [1.165, 1.54) is 77.0 Å². The second-order valence-corrected chi connectivity index (χ2v) is 16.5. The van der Waals surface area contributed by atoms with Crippen molar-refractivity contribution >= 4 is 22.1 Å². The lowest BCUT2D eigenvalue weighted by Crippen LogP contribution is -2.60. The van der Waals surface area contributed by atoms with Gasteiger partial charge in [0.25, 0.3) is 10.1 Å². The van der Waals surface area contributed by atoms with Gasteiger partial charge >= 0.3 is 11.9 Å². The lowest BCUT2D eigenvalue weighted by molar-refractivity contribution is -0.297. The van der Waals surface area contributed by atoms with Crippen molar-refractivity contribution in [2.75, 3.05) is 19.0 Å². The summed E-state index contributed by atoms with van der Waals surface area (Å²) in [5, 5.41) is 30.7. The molecule has 6 atom stereocenters. The largest absolute Gasteiger partial charge is 0.462 e. The van der Waals surface area contributed by atoms with Crippen LogP contribution in [0.15, 0.2) is 48.6 Å². The zero-order chi connectivity index (χ0) is 42.0. The molecule has 1 rings (SSSR count). The van der Waals surface area contributed by atoms with Crippen molar-refractivity contribution in [2.24, 2.45) is 0 Å². The van der Waals surface area contributed by atoms with Crippen LogP contribution in [0.5, 0.6) is 0 Å². The zero-order valence-electron chi connectivity index (χ0n) is 34.9. The molecule has 4 N–H and O–H groups in total. The maximum atomic E-state index is 12.7. The molecule has 0 spiro atoms. The van der Waals surface area contributed by atoms with Gasteiger partial charge in [-0.3, -0.25) is 14.1 Å². The molecule has 0 amide bonds. The molecule has 13 heteroatoms. The highest BCUT2D eigenvalue weighted by atomic mass is 32.2. The first-order valence-electron chi connectivity index (χ1n) is 21.7. The lowest BCUT2D eigenvalue weighted by atomic mass is 10.00. The van der Waals surface area contributed by atoms with E-state index in [-0.39, 0.29) is 19.4 Å². The number of hydrogen-bond donors (Lipinski definition) is 4. The first-order valence-corrected chi connectivity index (χ1v) is 23.3. The van der Waals surface area contributed by atoms with Crippen LogP contribution in [0.2, 0.25) is 0 Å². The minimum atomic E-state index is -4.60. The highest BCUT2D eigenvalue weighted by Crippen LogP contribution is 2.24. The standard InChI is InChI=1S/C44H76O12S/c1-3-5-7-9-11-13-14-15-16-17-18-19-20-21-22-23-24-25-27-28-30-32-39(45)53-34-37(55-40(46)33-31-29-26-12-10-8-6-4-2)35-54-44-43(49)42(48)41(47)38(56-44)36-57(50,51)52/h16-17,19-20,22-23,25,27,37-38,41-44,47-49H,3-15,18,21,24,26,28-36H2,1-2H3,(H,50,51,52)/b17-16+,20-19+,23-22+,27-25+/t37-,38-,41-,42?,43?,44+/m1/s1. The van der Waals surface area contributed by atoms with Crippen LogP contribution in [0, 0.1) is 0 Å². The van der Waals surface area contributed by atoms with Crippen LogP contribution >= 0.6 is 0 Å². The van der Waals surface area contributed by atoms with E-state index in [2.05, 4.69) is 56.4 Å². The summed E-state index contributed by atoms with van der Waals surface area (Å²) in [6.07, 6.45) is 30.5. The van der Waals surface area contributed by atoms with Gasteiger partial charge in [0, 0.05) is 12.8 Å². The number of carbonyl (C=O) groups is 2. The zero-order valence-corrected chi connectivity index (χ0v) is 35.7. The van der Waals surface area contributed by atoms with Crippen LogP contribution in [-0.4, -0.2) is 96.0 Å². The summed E-state index contributed by atoms with van der Waals surface area (Å²) in [6, 6.07) is 0. The van der Waals surface area contributed by atoms with Crippen LogP contribution in [0.25, 0.3) is 0 Å². The van der Waals surface area contributed by atoms with Crippen LogP contribution in [-0.2, 0) is 38.7 Å². The van der Waals surface area contributed by atoms with E-state index in [4.69, 9.17) is 18.9 Å². The molecule has 1 saturated heterocycles. The Hall–Kier alpha value is -2.39. The minimum Gasteiger partial charge on any atom is -0.462 e. The third-order valence-electron chi connectivity index (χ3n) is 9.66. The monoisotopic (exact) mass is 829 g/mol. The van der Waals surface area contributed by atoms with Crippen molar-refractivity contribution in [3.8, 4) is 0 Å². The van der Waals surface area contributed by atoms with Crippen molar-refractivity contribution < 1.29 is 56.8 Å². The fourth-order valence-electron chi connectivity index (χ4n) is 6.26. The van der Waals surface area contributed by atoms with Gasteiger partial charge in [0.1, 0.15) is 36.8 Å². The van der Waals surface area contributed by atoms with Crippen LogP contribution in [0.4, 0.5) is 0 Å². The number of unbranched alkanes of at least 4 members (excludes halogenated alkanes) is 15. The first-order chi connectivity index (χ1) is 27.5. The molecule has 0 aromatic carbocycles. The van der Waals surface area contributed by atoms with Crippen molar-refractivity contribution in [1.82, 2.24) is 0 Å². The quantitative estimate of drug-likeness (QED) is 0.0207. The molecular formula is C44H76O12S. The fraction of sp³-hybridized carbons (Fsp3) is 0.773. The molecule has 1 heterocycles. The molecule has 12 nitrogen and oxygen atoms in total. The summed E-state index contributed by atoms with van der Waals surface area (Å²) in [4.78, 5) is 25.2. The summed E-state index contributed by atoms with van der Waals surface area (Å²) >= 11 is 0. The Labute approximate surface area is 343 Å². The van der Waals surface area contributed by atoms with Crippen molar-refractivity contribution in [3.63, 3.8) is 0 Å². The molecule has 0 aliphatic carbocycles. The van der Waals surface area contributed by atoms with Gasteiger partial charge in [-0.25, -0.2) is 0 Å². The smallest absolute Gasteiger partial charge is 0.306 e. The van der Waals surface area contributed by atoms with Gasteiger partial charge in [-0.15, -0.1) is 0 Å². The van der Waals surface area contributed by atoms with Crippen molar-refractivity contribution in [2.45, 2.75) is 198 Å². The predicted octanol–water partition coefficient (Wildman–Crippen LogP) is 8.39. The third-order valence-corrected chi connectivity index (χ3v) is 10.4. The summed E-state index contributed by atoms with van der Waals surface area (Å²) in [5.41, 5.74) is 0. The van der Waals surface area contributed by atoms with Crippen LogP contribution < -0.4 is 0 Å². The first kappa shape index (κ1) is 52.6. The second kappa shape index (κ2) is 34.5. The molecular weight excluding hydrogens is 753 g/mol. The Morgan fingerprint density at radius 3 is 1.61 bits per heavy atom. The Morgan fingerprint density at radius 2 is 1.07 bits per heavy atom. The van der Waals surface area contributed by atoms with E-state index in [0.717, 1.165) is 38.5 Å². The number of ether oxygens (including phenoxy) is 4. The van der Waals surface area contributed by atoms with E-state index in [1.54, 1.807) is 0 Å². The van der Waals surface area contributed by atoms with Gasteiger partial charge in [-0.05, 0) is 51.4 Å². The van der Waals surface area contributed by atoms with Gasteiger partial charge in [0.2, 0.25) is 0 Å². The number of allylic oxidation sites excluding steroid dienone is 8. The fourth-order valence-corrected chi connectivity index (χ4v) is 6.95. The molecule has 0 radical (unpaired) electrons. The minimum absolute atomic E-state index is 0.143. The van der Waals surface area contributed by atoms with E-state index < -0.39 is 71.2 Å². The number of aliphatic hydroxyl groups is 3. The van der Waals surface area contributed by atoms with Gasteiger partial charge in [0.05, 0.1) is 6.61 Å². The molecule has 0 bridgehead atoms. The predicted molar refractivity (Wildman–Crippen MR) is 224 cm³/mol. The van der Waals surface area contributed by atoms with E-state index in [9.17, 15) is 37.9 Å². The van der Waals surface area contributed by atoms with Crippen molar-refractivity contribution in [3.05, 3.63) is 48.6 Å². The molecule has 330 valence electrons. The van der Waals surface area contributed by atoms with Gasteiger partial charge in [-0.1, -0.05) is 146 Å². The molecule has 1 aliphatic rings. The van der Waals surface area contributed by atoms with Crippen LogP contribution in [0.1, 0.15) is 162 Å². The molecule has 1 fully saturated rings. The van der Waals surface area contributed by atoms with Gasteiger partial charge in [-0.2, -0.15) is 8.42 Å². The van der Waals surface area contributed by atoms with Crippen LogP contribution in [0.3, 0.4) is 0 Å². The van der Waals surface area contributed by atoms with Crippen molar-refractivity contribution in [1.29, 1.82) is 0 Å². The van der Waals surface area contributed by atoms with Gasteiger partial charge in [0.15, 0.2) is 12.4 Å². The summed E-state index contributed by atoms with van der Waals surface area (Å²) in [5.74, 6) is -2.06. The summed E-state index contributed by atoms with van der Waals surface area (Å²) in [6.45, 7) is 3.65. The Bertz CT molecular complexity index is 1250. The molecule has 0 saturated carbocycles. The number of carbonyl (C=O) groups excluding carboxylic acids is 2. The third kappa shape index (κ3) is 29.5. The highest BCUT2D eigenvalue weighted by Gasteiger charge is 2.46. The molecule has 57 heavy (non-hydrogen) atoms. The second-order valence-electron chi connectivity index (χ2n) is 15.0. The molecule has 2 unspecified atom stereocenters. The number of aliphatic hydroxyl groups excluding tert-OH is 3. The maximum absolute atomic E-state index is 12.7. The Balaban J connectivity index is 2.44. The molecule has 1 aliphatic heterocycles. The number of hydrogen-bond acceptors (Lipinski definition) is 11. The number of rotatable bonds is 35. The highest BCUT2D eigenvalue weighted by molar-refractivity contribution is 7.85. The van der Waals surface area contributed by atoms with Gasteiger partial charge < -0.3 is 34.3 Å². The average molecular weight is 829 g/mol. The lowest BCUT2D eigenvalue weighted by Gasteiger charge is -2.40. The average Bonchev–Trinajstić information content (AvgIpc) is 3.17. The normalized spacial score (nSPS) is 21.0. The van der Waals surface area contributed by atoms with E-state index >= 15 is 0 Å². The molecule has 0 aromatic rings. The molecule has 0 aromatic heterocycles. The van der Waals surface area contributed by atoms with E-state index in [0.29, 0.717) is 19.3 Å². The summed E-state index contributed by atoms with van der Waals surface area (Å²) in [7, 11) is -4.60. The topological polar surface area (TPSA) is 186 Å². The Kier molecular flexibility index (Phi) is 31.8. The number of esters is 2. The Morgan fingerprint density at radius 1 is 0.596 bits per heavy atom. The summed E-state index contributed by atoms with van der Waals surface area (Å²) < 4.78 is 53.8. The maximum Gasteiger partial charge on any atom is 0.306 e. The SMILES string of the molecule is CCCCCCCCC/C=C/C/C=C/C/C=C/C/C=C/CCCC(=O)OC[C@H](CO[C@H]1O[C@H](CS(=O)(=O)O)[C@@H](O)C(O)C1O)OC(=O)CCCCCCCCCC. The van der Waals surface area contributed by atoms with E-state index in [1.807, 2.05) is 6.08 Å².